The van der Waals surface area contributed by atoms with Gasteiger partial charge in [-0.05, 0) is 222 Å². The van der Waals surface area contributed by atoms with Crippen molar-refractivity contribution < 1.29 is 0 Å². The highest BCUT2D eigenvalue weighted by Crippen LogP contribution is 2.49. The van der Waals surface area contributed by atoms with Crippen molar-refractivity contribution >= 4 is 163 Å². The summed E-state index contributed by atoms with van der Waals surface area (Å²) in [5.41, 5.74) is 36.2. The first-order chi connectivity index (χ1) is 71.5. The molecule has 0 unspecified atom stereocenters. The first-order valence-corrected chi connectivity index (χ1v) is 49.6. The zero-order valence-corrected chi connectivity index (χ0v) is 78.6. The van der Waals surface area contributed by atoms with Crippen molar-refractivity contribution in [1.82, 2.24) is 27.4 Å². The van der Waals surface area contributed by atoms with Crippen LogP contribution in [-0.2, 0) is 0 Å². The van der Waals surface area contributed by atoms with Gasteiger partial charge in [-0.2, -0.15) is 0 Å². The van der Waals surface area contributed by atoms with E-state index < -0.39 is 0 Å². The van der Waals surface area contributed by atoms with Crippen LogP contribution in [-0.4, -0.2) is 27.4 Å². The molecule has 6 heterocycles. The fourth-order valence-electron chi connectivity index (χ4n) is 23.2. The lowest BCUT2D eigenvalue weighted by atomic mass is 10.00. The number of nitrogens with zero attached hydrogens (tertiary/aromatic N) is 6. The second-order valence-corrected chi connectivity index (χ2v) is 37.7. The Bertz CT molecular complexity index is 10300. The summed E-state index contributed by atoms with van der Waals surface area (Å²) in [6, 6.07) is 198. The second kappa shape index (κ2) is 34.5. The molecule has 0 spiro atoms. The molecular formula is C138H90N6. The molecule has 30 rings (SSSR count). The summed E-state index contributed by atoms with van der Waals surface area (Å²) in [6.45, 7) is 0. The zero-order valence-electron chi connectivity index (χ0n) is 78.6. The van der Waals surface area contributed by atoms with Crippen LogP contribution in [0.15, 0.2) is 546 Å². The van der Waals surface area contributed by atoms with Gasteiger partial charge in [-0.3, -0.25) is 0 Å². The van der Waals surface area contributed by atoms with Gasteiger partial charge in [-0.1, -0.05) is 413 Å². The topological polar surface area (TPSA) is 29.6 Å². The summed E-state index contributed by atoms with van der Waals surface area (Å²) in [6.07, 6.45) is 0. The van der Waals surface area contributed by atoms with E-state index in [4.69, 9.17) is 0 Å². The smallest absolute Gasteiger partial charge is 0.0549 e. The van der Waals surface area contributed by atoms with Crippen molar-refractivity contribution in [2.75, 3.05) is 0 Å². The standard InChI is InChI=1S/3C46H30N2/c1-2-12-31(13-3-1)32-24-26-33(27-25-32)35-16-10-17-36(30-35)47-41-21-8-6-19-38(41)45-43(47)28-29-44-46(45)39-20-7-9-22-42(39)48(44)40-23-11-15-34-14-4-5-18-37(34)40;1-2-11-31(12-3-1)32-21-23-33(24-22-32)34-25-27-36(28-26-34)47-41-18-8-6-16-38(41)45-43(47)29-30-44-46(45)39-17-7-9-19-42(39)48(44)40-20-10-14-35-13-4-5-15-37(35)40;1-2-11-31(12-3-1)33-21-23-34(24-22-33)36-15-10-16-37(29-36)47-41-19-8-6-17-39(41)45-43(47)27-28-44-46(45)40-18-7-9-20-42(40)48(44)38-26-25-32-13-4-5-14-35(32)30-38/h3*1-30H. The van der Waals surface area contributed by atoms with E-state index in [-0.39, 0.29) is 0 Å². The monoisotopic (exact) mass is 1830 g/mol. The Morgan fingerprint density at radius 1 is 0.0972 bits per heavy atom. The van der Waals surface area contributed by atoms with Gasteiger partial charge < -0.3 is 27.4 Å². The molecule has 144 heavy (non-hydrogen) atoms. The van der Waals surface area contributed by atoms with Crippen LogP contribution in [0.3, 0.4) is 0 Å². The molecule has 6 nitrogen and oxygen atoms in total. The molecule has 0 aliphatic heterocycles. The van der Waals surface area contributed by atoms with E-state index in [2.05, 4.69) is 573 Å². The minimum absolute atomic E-state index is 1.16. The maximum absolute atomic E-state index is 2.46. The van der Waals surface area contributed by atoms with E-state index in [1.165, 1.54) is 247 Å². The van der Waals surface area contributed by atoms with Crippen LogP contribution in [0.2, 0.25) is 0 Å². The maximum atomic E-state index is 2.46. The third kappa shape index (κ3) is 13.8. The molecule has 672 valence electrons. The number of hydrogen-bond donors (Lipinski definition) is 0. The molecule has 0 radical (unpaired) electrons. The van der Waals surface area contributed by atoms with Crippen LogP contribution in [0.1, 0.15) is 0 Å². The van der Waals surface area contributed by atoms with Crippen molar-refractivity contribution in [3.8, 4) is 101 Å². The molecular weight excluding hydrogens is 1740 g/mol. The summed E-state index contributed by atoms with van der Waals surface area (Å²) < 4.78 is 14.7. The normalized spacial score (nSPS) is 11.8. The highest BCUT2D eigenvalue weighted by Gasteiger charge is 2.27. The lowest BCUT2D eigenvalue weighted by molar-refractivity contribution is 1.17. The Labute approximate surface area is 831 Å². The van der Waals surface area contributed by atoms with Crippen molar-refractivity contribution in [3.05, 3.63) is 546 Å². The van der Waals surface area contributed by atoms with Gasteiger partial charge in [-0.25, -0.2) is 0 Å². The molecule has 6 heteroatoms. The first kappa shape index (κ1) is 83.1. The molecule has 0 N–H and O–H groups in total. The predicted octanol–water partition coefficient (Wildman–Crippen LogP) is 37.1. The molecule has 0 aliphatic rings. The number of rotatable bonds is 12. The molecule has 0 bridgehead atoms. The Hall–Kier alpha value is -19.1. The zero-order chi connectivity index (χ0) is 94.8. The lowest BCUT2D eigenvalue weighted by Crippen LogP contribution is -1.96. The van der Waals surface area contributed by atoms with Crippen molar-refractivity contribution in [1.29, 1.82) is 0 Å². The van der Waals surface area contributed by atoms with Gasteiger partial charge in [0.2, 0.25) is 0 Å². The molecule has 30 aromatic rings. The van der Waals surface area contributed by atoms with Crippen molar-refractivity contribution in [2.45, 2.75) is 0 Å². The van der Waals surface area contributed by atoms with Crippen molar-refractivity contribution in [2.24, 2.45) is 0 Å². The highest BCUT2D eigenvalue weighted by molar-refractivity contribution is 6.32. The molecule has 0 atom stereocenters. The van der Waals surface area contributed by atoms with E-state index in [9.17, 15) is 0 Å². The van der Waals surface area contributed by atoms with E-state index in [1.807, 2.05) is 0 Å². The third-order valence-corrected chi connectivity index (χ3v) is 29.7. The molecule has 0 saturated carbocycles. The fraction of sp³-hybridized carbons (Fsp3) is 0. The Kier molecular flexibility index (Phi) is 19.9. The van der Waals surface area contributed by atoms with Gasteiger partial charge in [0.05, 0.1) is 77.6 Å². The highest BCUT2D eigenvalue weighted by atomic mass is 15.0. The summed E-state index contributed by atoms with van der Waals surface area (Å²) in [5, 5.41) is 22.8. The molecule has 0 saturated heterocycles. The predicted molar refractivity (Wildman–Crippen MR) is 610 cm³/mol. The lowest BCUT2D eigenvalue weighted by Gasteiger charge is -2.12. The minimum Gasteiger partial charge on any atom is -0.309 e. The van der Waals surface area contributed by atoms with Crippen LogP contribution in [0.4, 0.5) is 0 Å². The molecule has 6 aromatic heterocycles. The largest absolute Gasteiger partial charge is 0.309 e. The number of hydrogen-bond acceptors (Lipinski definition) is 0. The Morgan fingerprint density at radius 2 is 0.306 bits per heavy atom. The molecule has 24 aromatic carbocycles. The molecule has 0 aliphatic carbocycles. The van der Waals surface area contributed by atoms with Crippen LogP contribution in [0.5, 0.6) is 0 Å². The van der Waals surface area contributed by atoms with Crippen LogP contribution in [0, 0.1) is 0 Å². The molecule has 0 amide bonds. The Morgan fingerprint density at radius 3 is 0.632 bits per heavy atom. The van der Waals surface area contributed by atoms with Gasteiger partial charge >= 0.3 is 0 Å². The number of benzene rings is 24. The van der Waals surface area contributed by atoms with Crippen LogP contribution < -0.4 is 0 Å². The average Bonchev–Trinajstić information content (AvgIpc) is 1.55. The van der Waals surface area contributed by atoms with E-state index >= 15 is 0 Å². The summed E-state index contributed by atoms with van der Waals surface area (Å²) in [7, 11) is 0. The van der Waals surface area contributed by atoms with Gasteiger partial charge in [0, 0.05) is 98.2 Å². The summed E-state index contributed by atoms with van der Waals surface area (Å²) >= 11 is 0. The summed E-state index contributed by atoms with van der Waals surface area (Å²) in [4.78, 5) is 0. The van der Waals surface area contributed by atoms with Gasteiger partial charge in [0.15, 0.2) is 0 Å². The van der Waals surface area contributed by atoms with E-state index in [1.54, 1.807) is 0 Å². The van der Waals surface area contributed by atoms with Crippen molar-refractivity contribution in [3.63, 3.8) is 0 Å². The number of aromatic nitrogens is 6. The van der Waals surface area contributed by atoms with Gasteiger partial charge in [0.1, 0.15) is 0 Å². The Balaban J connectivity index is 0.000000105. The maximum Gasteiger partial charge on any atom is 0.0549 e. The minimum atomic E-state index is 1.16. The number of fused-ring (bicyclic) bond motifs is 24. The van der Waals surface area contributed by atoms with E-state index in [0.29, 0.717) is 0 Å². The van der Waals surface area contributed by atoms with E-state index in [0.717, 1.165) is 17.1 Å². The van der Waals surface area contributed by atoms with Gasteiger partial charge in [-0.15, -0.1) is 0 Å². The third-order valence-electron chi connectivity index (χ3n) is 29.7. The quantitative estimate of drug-likeness (QED) is 0.117. The second-order valence-electron chi connectivity index (χ2n) is 37.7. The van der Waals surface area contributed by atoms with Gasteiger partial charge in [0.25, 0.3) is 0 Å². The number of para-hydroxylation sites is 6. The average molecular weight is 1830 g/mol. The first-order valence-electron chi connectivity index (χ1n) is 49.6. The SMILES string of the molecule is c1ccc(-c2ccc(-c3ccc(-n4c5ccccc5c5c6c7ccccc7n(-c7cccc8ccccc78)c6ccc54)cc3)cc2)cc1.c1ccc(-c2ccc(-c3cccc(-n4c5ccccc5c5c6c7ccccc7n(-c7ccc8ccccc8c7)c6ccc54)c3)cc2)cc1.c1ccc(-c2ccc(-c3cccc(-n4c5ccccc5c5c6c7ccccc7n(-c7cccc8ccccc78)c6ccc54)c3)cc2)cc1. The van der Waals surface area contributed by atoms with Crippen LogP contribution in [0.25, 0.3) is 264 Å². The van der Waals surface area contributed by atoms with Crippen LogP contribution >= 0.6 is 0 Å². The fourth-order valence-corrected chi connectivity index (χ4v) is 23.2. The molecule has 0 fully saturated rings. The summed E-state index contributed by atoms with van der Waals surface area (Å²) in [5.74, 6) is 0.